The number of nitrogens with zero attached hydrogens (tertiary/aromatic N) is 1. The molecule has 2 N–H and O–H groups in total. The SMILES string of the molecule is Nc1nc(CCOc2cccc3ccccc23)cs1. The van der Waals surface area contributed by atoms with E-state index < -0.39 is 0 Å². The molecule has 0 aliphatic carbocycles. The summed E-state index contributed by atoms with van der Waals surface area (Å²) in [6.07, 6.45) is 0.775. The third-order valence-electron chi connectivity index (χ3n) is 2.93. The Hall–Kier alpha value is -2.07. The smallest absolute Gasteiger partial charge is 0.180 e. The zero-order chi connectivity index (χ0) is 13.1. The van der Waals surface area contributed by atoms with Crippen molar-refractivity contribution in [3.05, 3.63) is 53.5 Å². The normalized spacial score (nSPS) is 10.7. The molecule has 1 heterocycles. The summed E-state index contributed by atoms with van der Waals surface area (Å²) in [5.41, 5.74) is 6.59. The van der Waals surface area contributed by atoms with Crippen molar-refractivity contribution in [3.8, 4) is 5.75 Å². The number of benzene rings is 2. The molecule has 0 saturated carbocycles. The van der Waals surface area contributed by atoms with Gasteiger partial charge in [-0.2, -0.15) is 0 Å². The summed E-state index contributed by atoms with van der Waals surface area (Å²) in [5, 5.41) is 4.92. The van der Waals surface area contributed by atoms with Crippen LogP contribution in [-0.2, 0) is 6.42 Å². The maximum atomic E-state index is 5.86. The molecule has 0 aliphatic rings. The van der Waals surface area contributed by atoms with E-state index in [1.54, 1.807) is 0 Å². The minimum Gasteiger partial charge on any atom is -0.493 e. The number of nitrogen functional groups attached to an aromatic ring is 1. The van der Waals surface area contributed by atoms with Crippen LogP contribution in [0.4, 0.5) is 5.13 Å². The Labute approximate surface area is 115 Å². The number of hydrogen-bond acceptors (Lipinski definition) is 4. The molecule has 2 aromatic carbocycles. The van der Waals surface area contributed by atoms with Crippen molar-refractivity contribution >= 4 is 27.2 Å². The Bertz CT molecular complexity index is 688. The molecule has 96 valence electrons. The van der Waals surface area contributed by atoms with Gasteiger partial charge in [-0.05, 0) is 11.5 Å². The van der Waals surface area contributed by atoms with E-state index in [0.717, 1.165) is 23.3 Å². The zero-order valence-electron chi connectivity index (χ0n) is 10.4. The molecule has 0 bridgehead atoms. The lowest BCUT2D eigenvalue weighted by atomic mass is 10.1. The number of fused-ring (bicyclic) bond motifs is 1. The first-order valence-corrected chi connectivity index (χ1v) is 7.01. The van der Waals surface area contributed by atoms with Crippen molar-refractivity contribution in [2.45, 2.75) is 6.42 Å². The van der Waals surface area contributed by atoms with Crippen LogP contribution in [0.15, 0.2) is 47.8 Å². The average molecular weight is 270 g/mol. The van der Waals surface area contributed by atoms with Crippen LogP contribution >= 0.6 is 11.3 Å². The maximum absolute atomic E-state index is 5.86. The fourth-order valence-corrected chi connectivity index (χ4v) is 2.62. The molecule has 3 aromatic rings. The number of aromatic nitrogens is 1. The first-order chi connectivity index (χ1) is 9.33. The molecular weight excluding hydrogens is 256 g/mol. The predicted molar refractivity (Wildman–Crippen MR) is 79.7 cm³/mol. The molecule has 0 aliphatic heterocycles. The Morgan fingerprint density at radius 3 is 2.79 bits per heavy atom. The Kier molecular flexibility index (Phi) is 3.33. The fraction of sp³-hybridized carbons (Fsp3) is 0.133. The van der Waals surface area contributed by atoms with Crippen LogP contribution in [0.25, 0.3) is 10.8 Å². The van der Waals surface area contributed by atoms with Crippen LogP contribution < -0.4 is 10.5 Å². The second kappa shape index (κ2) is 5.28. The minimum absolute atomic E-state index is 0.608. The molecule has 0 fully saturated rings. The molecule has 19 heavy (non-hydrogen) atoms. The highest BCUT2D eigenvalue weighted by molar-refractivity contribution is 7.13. The summed E-state index contributed by atoms with van der Waals surface area (Å²) in [6.45, 7) is 0.608. The number of ether oxygens (including phenoxy) is 1. The molecule has 3 rings (SSSR count). The highest BCUT2D eigenvalue weighted by Gasteiger charge is 2.03. The van der Waals surface area contributed by atoms with Crippen LogP contribution in [0.3, 0.4) is 0 Å². The number of anilines is 1. The molecule has 4 heteroatoms. The summed E-state index contributed by atoms with van der Waals surface area (Å²) in [6, 6.07) is 14.3. The van der Waals surface area contributed by atoms with E-state index in [1.807, 2.05) is 29.6 Å². The van der Waals surface area contributed by atoms with Crippen molar-refractivity contribution in [2.75, 3.05) is 12.3 Å². The third-order valence-corrected chi connectivity index (χ3v) is 3.66. The lowest BCUT2D eigenvalue weighted by Gasteiger charge is -2.08. The van der Waals surface area contributed by atoms with E-state index >= 15 is 0 Å². The van der Waals surface area contributed by atoms with Gasteiger partial charge in [-0.15, -0.1) is 11.3 Å². The van der Waals surface area contributed by atoms with Gasteiger partial charge in [0.25, 0.3) is 0 Å². The van der Waals surface area contributed by atoms with Gasteiger partial charge in [0, 0.05) is 17.2 Å². The van der Waals surface area contributed by atoms with Crippen LogP contribution in [0.2, 0.25) is 0 Å². The highest BCUT2D eigenvalue weighted by Crippen LogP contribution is 2.25. The van der Waals surface area contributed by atoms with Gasteiger partial charge in [0.1, 0.15) is 5.75 Å². The average Bonchev–Trinajstić information content (AvgIpc) is 2.85. The Balaban J connectivity index is 1.71. The first-order valence-electron chi connectivity index (χ1n) is 6.13. The van der Waals surface area contributed by atoms with E-state index in [-0.39, 0.29) is 0 Å². The van der Waals surface area contributed by atoms with E-state index in [9.17, 15) is 0 Å². The molecule has 0 spiro atoms. The standard InChI is InChI=1S/C15H14N2OS/c16-15-17-12(10-19-15)8-9-18-14-7-3-5-11-4-1-2-6-13(11)14/h1-7,10H,8-9H2,(H2,16,17). The number of hydrogen-bond donors (Lipinski definition) is 1. The van der Waals surface area contributed by atoms with E-state index in [2.05, 4.69) is 23.2 Å². The van der Waals surface area contributed by atoms with Gasteiger partial charge in [0.2, 0.25) is 0 Å². The van der Waals surface area contributed by atoms with Crippen molar-refractivity contribution in [3.63, 3.8) is 0 Å². The van der Waals surface area contributed by atoms with Crippen molar-refractivity contribution in [1.82, 2.24) is 4.98 Å². The molecular formula is C15H14N2OS. The third kappa shape index (κ3) is 2.69. The zero-order valence-corrected chi connectivity index (χ0v) is 11.2. The largest absolute Gasteiger partial charge is 0.493 e. The van der Waals surface area contributed by atoms with Gasteiger partial charge in [0.05, 0.1) is 12.3 Å². The second-order valence-electron chi connectivity index (χ2n) is 4.25. The lowest BCUT2D eigenvalue weighted by Crippen LogP contribution is -2.02. The quantitative estimate of drug-likeness (QED) is 0.789. The molecule has 0 atom stereocenters. The summed E-state index contributed by atoms with van der Waals surface area (Å²) < 4.78 is 5.86. The topological polar surface area (TPSA) is 48.1 Å². The lowest BCUT2D eigenvalue weighted by molar-refractivity contribution is 0.324. The Morgan fingerprint density at radius 1 is 1.11 bits per heavy atom. The molecule has 3 nitrogen and oxygen atoms in total. The molecule has 0 unspecified atom stereocenters. The molecule has 0 radical (unpaired) electrons. The second-order valence-corrected chi connectivity index (χ2v) is 5.14. The molecule has 0 amide bonds. The predicted octanol–water partition coefficient (Wildman–Crippen LogP) is 3.50. The summed E-state index contributed by atoms with van der Waals surface area (Å²) in [4.78, 5) is 4.22. The summed E-state index contributed by atoms with van der Waals surface area (Å²) in [5.74, 6) is 0.918. The van der Waals surface area contributed by atoms with Crippen molar-refractivity contribution in [2.24, 2.45) is 0 Å². The van der Waals surface area contributed by atoms with Gasteiger partial charge in [-0.3, -0.25) is 0 Å². The van der Waals surface area contributed by atoms with Crippen molar-refractivity contribution in [1.29, 1.82) is 0 Å². The highest BCUT2D eigenvalue weighted by atomic mass is 32.1. The number of nitrogens with two attached hydrogens (primary N) is 1. The fourth-order valence-electron chi connectivity index (χ4n) is 2.02. The van der Waals surface area contributed by atoms with Crippen molar-refractivity contribution < 1.29 is 4.74 Å². The monoisotopic (exact) mass is 270 g/mol. The van der Waals surface area contributed by atoms with Crippen LogP contribution in [-0.4, -0.2) is 11.6 Å². The van der Waals surface area contributed by atoms with Crippen LogP contribution in [0.1, 0.15) is 5.69 Å². The van der Waals surface area contributed by atoms with Gasteiger partial charge < -0.3 is 10.5 Å². The Morgan fingerprint density at radius 2 is 1.95 bits per heavy atom. The maximum Gasteiger partial charge on any atom is 0.180 e. The van der Waals surface area contributed by atoms with Crippen LogP contribution in [0, 0.1) is 0 Å². The van der Waals surface area contributed by atoms with E-state index in [4.69, 9.17) is 10.5 Å². The van der Waals surface area contributed by atoms with Gasteiger partial charge in [-0.1, -0.05) is 36.4 Å². The van der Waals surface area contributed by atoms with E-state index in [0.29, 0.717) is 11.7 Å². The van der Waals surface area contributed by atoms with Crippen LogP contribution in [0.5, 0.6) is 5.75 Å². The van der Waals surface area contributed by atoms with Gasteiger partial charge in [0.15, 0.2) is 5.13 Å². The first kappa shape index (κ1) is 12.0. The summed E-state index contributed by atoms with van der Waals surface area (Å²) >= 11 is 1.46. The van der Waals surface area contributed by atoms with Gasteiger partial charge >= 0.3 is 0 Å². The molecule has 0 saturated heterocycles. The number of rotatable bonds is 4. The van der Waals surface area contributed by atoms with Gasteiger partial charge in [-0.25, -0.2) is 4.98 Å². The summed E-state index contributed by atoms with van der Waals surface area (Å²) in [7, 11) is 0. The minimum atomic E-state index is 0.608. The van der Waals surface area contributed by atoms with E-state index in [1.165, 1.54) is 16.7 Å². The number of thiazole rings is 1. The molecule has 1 aromatic heterocycles.